The standard InChI is InChI=1S/C21H23N3O/c25-21(13-16-14-22-20-11-5-4-10-19(16)20)23-15-18-9-6-12-24(18)17-7-2-1-3-8-17/h1-5,7-8,10-11,14,18,22H,6,9,12-13,15H2,(H,23,25). The summed E-state index contributed by atoms with van der Waals surface area (Å²) in [6.45, 7) is 1.77. The number of amides is 1. The molecular weight excluding hydrogens is 310 g/mol. The fourth-order valence-corrected chi connectivity index (χ4v) is 3.75. The minimum atomic E-state index is 0.0877. The van der Waals surface area contributed by atoms with Gasteiger partial charge in [0.25, 0.3) is 0 Å². The van der Waals surface area contributed by atoms with Crippen molar-refractivity contribution in [2.75, 3.05) is 18.0 Å². The third kappa shape index (κ3) is 3.38. The van der Waals surface area contributed by atoms with E-state index >= 15 is 0 Å². The van der Waals surface area contributed by atoms with E-state index in [0.717, 1.165) is 29.4 Å². The van der Waals surface area contributed by atoms with Crippen molar-refractivity contribution >= 4 is 22.5 Å². The first-order valence-electron chi connectivity index (χ1n) is 8.94. The molecule has 3 aromatic rings. The lowest BCUT2D eigenvalue weighted by atomic mass is 10.1. The molecule has 1 fully saturated rings. The van der Waals surface area contributed by atoms with Gasteiger partial charge in [-0.25, -0.2) is 0 Å². The van der Waals surface area contributed by atoms with Crippen LogP contribution in [0.4, 0.5) is 5.69 Å². The zero-order chi connectivity index (χ0) is 17.1. The van der Waals surface area contributed by atoms with Crippen LogP contribution >= 0.6 is 0 Å². The summed E-state index contributed by atoms with van der Waals surface area (Å²) in [7, 11) is 0. The largest absolute Gasteiger partial charge is 0.367 e. The molecule has 128 valence electrons. The van der Waals surface area contributed by atoms with E-state index in [1.807, 2.05) is 30.5 Å². The van der Waals surface area contributed by atoms with Crippen molar-refractivity contribution in [3.05, 3.63) is 66.4 Å². The number of hydrogen-bond donors (Lipinski definition) is 2. The van der Waals surface area contributed by atoms with Crippen molar-refractivity contribution in [3.63, 3.8) is 0 Å². The number of nitrogens with one attached hydrogen (secondary N) is 2. The van der Waals surface area contributed by atoms with Crippen molar-refractivity contribution in [2.24, 2.45) is 0 Å². The van der Waals surface area contributed by atoms with Crippen molar-refractivity contribution in [1.82, 2.24) is 10.3 Å². The molecule has 1 aromatic heterocycles. The van der Waals surface area contributed by atoms with Crippen LogP contribution in [0.2, 0.25) is 0 Å². The Bertz CT molecular complexity index is 856. The molecule has 2 N–H and O–H groups in total. The first-order valence-corrected chi connectivity index (χ1v) is 8.94. The van der Waals surface area contributed by atoms with Gasteiger partial charge in [0.05, 0.1) is 6.42 Å². The van der Waals surface area contributed by atoms with Crippen molar-refractivity contribution in [3.8, 4) is 0 Å². The summed E-state index contributed by atoms with van der Waals surface area (Å²) < 4.78 is 0. The number of rotatable bonds is 5. The van der Waals surface area contributed by atoms with E-state index in [0.29, 0.717) is 19.0 Å². The molecule has 1 amide bonds. The number of anilines is 1. The van der Waals surface area contributed by atoms with Crippen LogP contribution in [0.25, 0.3) is 10.9 Å². The topological polar surface area (TPSA) is 48.1 Å². The molecule has 0 bridgehead atoms. The lowest BCUT2D eigenvalue weighted by Crippen LogP contribution is -2.40. The fourth-order valence-electron chi connectivity index (χ4n) is 3.75. The number of para-hydroxylation sites is 2. The predicted octanol–water partition coefficient (Wildman–Crippen LogP) is 3.50. The fraction of sp³-hybridized carbons (Fsp3) is 0.286. The molecule has 0 spiro atoms. The van der Waals surface area contributed by atoms with Gasteiger partial charge >= 0.3 is 0 Å². The average molecular weight is 333 g/mol. The first kappa shape index (κ1) is 15.8. The Labute approximate surface area is 147 Å². The highest BCUT2D eigenvalue weighted by Gasteiger charge is 2.25. The van der Waals surface area contributed by atoms with Gasteiger partial charge in [-0.3, -0.25) is 4.79 Å². The molecule has 4 nitrogen and oxygen atoms in total. The smallest absolute Gasteiger partial charge is 0.224 e. The second kappa shape index (κ2) is 7.01. The Kier molecular flexibility index (Phi) is 4.42. The number of benzene rings is 2. The van der Waals surface area contributed by atoms with Gasteiger partial charge in [-0.05, 0) is 36.6 Å². The average Bonchev–Trinajstić information content (AvgIpc) is 3.28. The summed E-state index contributed by atoms with van der Waals surface area (Å²) in [5.41, 5.74) is 3.38. The van der Waals surface area contributed by atoms with E-state index in [1.54, 1.807) is 0 Å². The number of aromatic nitrogens is 1. The van der Waals surface area contributed by atoms with Crippen LogP contribution in [-0.4, -0.2) is 30.0 Å². The summed E-state index contributed by atoms with van der Waals surface area (Å²) in [5.74, 6) is 0.0877. The number of carbonyl (C=O) groups is 1. The van der Waals surface area contributed by atoms with Crippen LogP contribution in [0.15, 0.2) is 60.8 Å². The SMILES string of the molecule is O=C(Cc1c[nH]c2ccccc12)NCC1CCCN1c1ccccc1. The number of nitrogens with zero attached hydrogens (tertiary/aromatic N) is 1. The Hall–Kier alpha value is -2.75. The van der Waals surface area contributed by atoms with E-state index < -0.39 is 0 Å². The highest BCUT2D eigenvalue weighted by Crippen LogP contribution is 2.24. The maximum Gasteiger partial charge on any atom is 0.224 e. The predicted molar refractivity (Wildman–Crippen MR) is 102 cm³/mol. The van der Waals surface area contributed by atoms with Crippen LogP contribution in [0.1, 0.15) is 18.4 Å². The Balaban J connectivity index is 1.37. The summed E-state index contributed by atoms with van der Waals surface area (Å²) >= 11 is 0. The van der Waals surface area contributed by atoms with Gasteiger partial charge in [-0.1, -0.05) is 36.4 Å². The molecule has 1 aliphatic heterocycles. The van der Waals surface area contributed by atoms with Gasteiger partial charge in [0, 0.05) is 41.9 Å². The highest BCUT2D eigenvalue weighted by atomic mass is 16.1. The van der Waals surface area contributed by atoms with Crippen LogP contribution < -0.4 is 10.2 Å². The summed E-state index contributed by atoms with van der Waals surface area (Å²) in [6.07, 6.45) is 4.66. The summed E-state index contributed by atoms with van der Waals surface area (Å²) in [4.78, 5) is 18.1. The van der Waals surface area contributed by atoms with Crippen LogP contribution in [0, 0.1) is 0 Å². The molecule has 1 aliphatic rings. The number of fused-ring (bicyclic) bond motifs is 1. The van der Waals surface area contributed by atoms with Gasteiger partial charge in [0.15, 0.2) is 0 Å². The van der Waals surface area contributed by atoms with Crippen molar-refractivity contribution < 1.29 is 4.79 Å². The van der Waals surface area contributed by atoms with Crippen LogP contribution in [-0.2, 0) is 11.2 Å². The molecule has 2 heterocycles. The molecule has 0 radical (unpaired) electrons. The molecule has 25 heavy (non-hydrogen) atoms. The first-order chi connectivity index (χ1) is 12.3. The van der Waals surface area contributed by atoms with E-state index in [-0.39, 0.29) is 5.91 Å². The van der Waals surface area contributed by atoms with Crippen LogP contribution in [0.3, 0.4) is 0 Å². The Morgan fingerprint density at radius 1 is 1.12 bits per heavy atom. The van der Waals surface area contributed by atoms with E-state index in [1.165, 1.54) is 12.1 Å². The van der Waals surface area contributed by atoms with Gasteiger partial charge in [0.2, 0.25) is 5.91 Å². The molecule has 0 saturated carbocycles. The molecule has 0 aliphatic carbocycles. The maximum atomic E-state index is 12.4. The molecule has 4 heteroatoms. The van der Waals surface area contributed by atoms with Gasteiger partial charge in [-0.15, -0.1) is 0 Å². The van der Waals surface area contributed by atoms with Crippen LogP contribution in [0.5, 0.6) is 0 Å². The minimum Gasteiger partial charge on any atom is -0.367 e. The zero-order valence-electron chi connectivity index (χ0n) is 14.2. The van der Waals surface area contributed by atoms with Crippen molar-refractivity contribution in [2.45, 2.75) is 25.3 Å². The lowest BCUT2D eigenvalue weighted by molar-refractivity contribution is -0.120. The second-order valence-electron chi connectivity index (χ2n) is 6.67. The van der Waals surface area contributed by atoms with E-state index in [4.69, 9.17) is 0 Å². The molecular formula is C21H23N3O. The lowest BCUT2D eigenvalue weighted by Gasteiger charge is -2.27. The van der Waals surface area contributed by atoms with Gasteiger partial charge in [0.1, 0.15) is 0 Å². The van der Waals surface area contributed by atoms with Crippen molar-refractivity contribution in [1.29, 1.82) is 0 Å². The van der Waals surface area contributed by atoms with Gasteiger partial charge in [-0.2, -0.15) is 0 Å². The molecule has 1 unspecified atom stereocenters. The number of carbonyl (C=O) groups excluding carboxylic acids is 1. The third-order valence-electron chi connectivity index (χ3n) is 5.03. The summed E-state index contributed by atoms with van der Waals surface area (Å²) in [6, 6.07) is 19.0. The zero-order valence-corrected chi connectivity index (χ0v) is 14.2. The number of H-pyrrole nitrogens is 1. The molecule has 4 rings (SSSR count). The van der Waals surface area contributed by atoms with E-state index in [9.17, 15) is 4.79 Å². The summed E-state index contributed by atoms with van der Waals surface area (Å²) in [5, 5.41) is 4.26. The molecule has 1 atom stereocenters. The molecule has 1 saturated heterocycles. The third-order valence-corrected chi connectivity index (χ3v) is 5.03. The Morgan fingerprint density at radius 2 is 1.92 bits per heavy atom. The number of aromatic amines is 1. The monoisotopic (exact) mass is 333 g/mol. The second-order valence-corrected chi connectivity index (χ2v) is 6.67. The van der Waals surface area contributed by atoms with Gasteiger partial charge < -0.3 is 15.2 Å². The Morgan fingerprint density at radius 3 is 2.80 bits per heavy atom. The maximum absolute atomic E-state index is 12.4. The molecule has 2 aromatic carbocycles. The highest BCUT2D eigenvalue weighted by molar-refractivity contribution is 5.88. The minimum absolute atomic E-state index is 0.0877. The quantitative estimate of drug-likeness (QED) is 0.751. The number of hydrogen-bond acceptors (Lipinski definition) is 2. The normalized spacial score (nSPS) is 17.1. The van der Waals surface area contributed by atoms with E-state index in [2.05, 4.69) is 45.5 Å².